The van der Waals surface area contributed by atoms with Crippen molar-refractivity contribution in [1.29, 1.82) is 0 Å². The molecule has 0 atom stereocenters. The molecule has 0 amide bonds. The minimum Gasteiger partial charge on any atom is -0.313 e. The molecule has 0 aliphatic carbocycles. The molecule has 0 saturated heterocycles. The van der Waals surface area contributed by atoms with Crippen molar-refractivity contribution in [3.8, 4) is 0 Å². The minimum absolute atomic E-state index is 0.0130. The molecule has 114 valence electrons. The standard InChI is InChI=1S/C13H15F6N/c14-12(15,16)6-1-2-7-20-9-10-4-3-5-11(8-10)13(17,18)19/h3-5,8,20H,1-2,6-7,9H2. The topological polar surface area (TPSA) is 12.0 Å². The first-order chi connectivity index (χ1) is 9.18. The molecular weight excluding hydrogens is 284 g/mol. The lowest BCUT2D eigenvalue weighted by molar-refractivity contribution is -0.137. The predicted molar refractivity (Wildman–Crippen MR) is 63.1 cm³/mol. The van der Waals surface area contributed by atoms with E-state index in [2.05, 4.69) is 5.32 Å². The fourth-order valence-electron chi connectivity index (χ4n) is 1.67. The van der Waals surface area contributed by atoms with Gasteiger partial charge in [-0.15, -0.1) is 0 Å². The molecule has 0 aromatic heterocycles. The Kier molecular flexibility index (Phi) is 5.86. The first-order valence-corrected chi connectivity index (χ1v) is 6.12. The van der Waals surface area contributed by atoms with Gasteiger partial charge in [0.15, 0.2) is 0 Å². The van der Waals surface area contributed by atoms with Gasteiger partial charge < -0.3 is 5.32 Å². The van der Waals surface area contributed by atoms with Gasteiger partial charge in [-0.1, -0.05) is 18.2 Å². The lowest BCUT2D eigenvalue weighted by Crippen LogP contribution is -2.16. The van der Waals surface area contributed by atoms with Gasteiger partial charge in [0, 0.05) is 13.0 Å². The van der Waals surface area contributed by atoms with E-state index in [0.29, 0.717) is 18.5 Å². The van der Waals surface area contributed by atoms with Crippen LogP contribution in [-0.2, 0) is 12.7 Å². The average molecular weight is 299 g/mol. The summed E-state index contributed by atoms with van der Waals surface area (Å²) in [7, 11) is 0. The lowest BCUT2D eigenvalue weighted by atomic mass is 10.1. The molecule has 1 aromatic carbocycles. The summed E-state index contributed by atoms with van der Waals surface area (Å²) < 4.78 is 72.9. The second kappa shape index (κ2) is 6.97. The number of benzene rings is 1. The maximum Gasteiger partial charge on any atom is 0.416 e. The van der Waals surface area contributed by atoms with E-state index >= 15 is 0 Å². The normalized spacial score (nSPS) is 12.7. The van der Waals surface area contributed by atoms with Gasteiger partial charge in [0.2, 0.25) is 0 Å². The Morgan fingerprint density at radius 1 is 0.950 bits per heavy atom. The average Bonchev–Trinajstić information content (AvgIpc) is 2.31. The highest BCUT2D eigenvalue weighted by molar-refractivity contribution is 5.25. The molecule has 0 spiro atoms. The minimum atomic E-state index is -4.39. The Labute approximate surface area is 113 Å². The predicted octanol–water partition coefficient (Wildman–Crippen LogP) is 4.53. The molecule has 1 nitrogen and oxygen atoms in total. The number of rotatable bonds is 6. The molecule has 0 radical (unpaired) electrons. The molecule has 0 unspecified atom stereocenters. The molecule has 1 N–H and O–H groups in total. The smallest absolute Gasteiger partial charge is 0.313 e. The van der Waals surface area contributed by atoms with Crippen LogP contribution < -0.4 is 5.32 Å². The van der Waals surface area contributed by atoms with Crippen molar-refractivity contribution in [2.45, 2.75) is 38.2 Å². The maximum absolute atomic E-state index is 12.4. The summed E-state index contributed by atoms with van der Waals surface area (Å²) in [5, 5.41) is 2.83. The number of alkyl halides is 6. The summed E-state index contributed by atoms with van der Waals surface area (Å²) in [6.07, 6.45) is -9.03. The van der Waals surface area contributed by atoms with Gasteiger partial charge >= 0.3 is 12.4 Å². The van der Waals surface area contributed by atoms with Gasteiger partial charge in [-0.2, -0.15) is 26.3 Å². The highest BCUT2D eigenvalue weighted by atomic mass is 19.4. The fraction of sp³-hybridized carbons (Fsp3) is 0.538. The quantitative estimate of drug-likeness (QED) is 0.601. The Bertz CT molecular complexity index is 410. The molecule has 1 aromatic rings. The molecule has 0 aliphatic heterocycles. The van der Waals surface area contributed by atoms with Crippen LogP contribution in [0, 0.1) is 0 Å². The Balaban J connectivity index is 2.29. The number of hydrogen-bond donors (Lipinski definition) is 1. The maximum atomic E-state index is 12.4. The number of unbranched alkanes of at least 4 members (excludes halogenated alkanes) is 1. The number of halogens is 6. The second-order valence-corrected chi connectivity index (χ2v) is 4.45. The van der Waals surface area contributed by atoms with Crippen LogP contribution in [0.4, 0.5) is 26.3 Å². The lowest BCUT2D eigenvalue weighted by Gasteiger charge is -2.10. The van der Waals surface area contributed by atoms with E-state index in [1.165, 1.54) is 12.1 Å². The van der Waals surface area contributed by atoms with Crippen molar-refractivity contribution in [3.05, 3.63) is 35.4 Å². The molecule has 0 fully saturated rings. The van der Waals surface area contributed by atoms with Crippen molar-refractivity contribution in [2.24, 2.45) is 0 Å². The third-order valence-corrected chi connectivity index (χ3v) is 2.65. The highest BCUT2D eigenvalue weighted by Crippen LogP contribution is 2.29. The van der Waals surface area contributed by atoms with Crippen LogP contribution in [0.2, 0.25) is 0 Å². The van der Waals surface area contributed by atoms with Crippen LogP contribution in [0.25, 0.3) is 0 Å². The third kappa shape index (κ3) is 6.79. The summed E-state index contributed by atoms with van der Waals surface area (Å²) in [5.41, 5.74) is -0.274. The summed E-state index contributed by atoms with van der Waals surface area (Å²) in [4.78, 5) is 0. The van der Waals surface area contributed by atoms with Crippen molar-refractivity contribution >= 4 is 0 Å². The SMILES string of the molecule is FC(F)(F)CCCCNCc1cccc(C(F)(F)F)c1. The second-order valence-electron chi connectivity index (χ2n) is 4.45. The van der Waals surface area contributed by atoms with Gasteiger partial charge in [0.1, 0.15) is 0 Å². The van der Waals surface area contributed by atoms with Crippen molar-refractivity contribution in [1.82, 2.24) is 5.32 Å². The zero-order valence-corrected chi connectivity index (χ0v) is 10.6. The summed E-state index contributed by atoms with van der Waals surface area (Å²) in [6, 6.07) is 4.86. The molecule has 0 bridgehead atoms. The van der Waals surface area contributed by atoms with E-state index in [1.807, 2.05) is 0 Å². The van der Waals surface area contributed by atoms with E-state index < -0.39 is 24.3 Å². The molecule has 0 aliphatic rings. The van der Waals surface area contributed by atoms with Crippen LogP contribution in [-0.4, -0.2) is 12.7 Å². The van der Waals surface area contributed by atoms with Crippen LogP contribution in [0.15, 0.2) is 24.3 Å². The molecule has 0 heterocycles. The summed E-state index contributed by atoms with van der Waals surface area (Å²) >= 11 is 0. The Hall–Kier alpha value is -1.24. The van der Waals surface area contributed by atoms with Crippen LogP contribution in [0.3, 0.4) is 0 Å². The molecule has 1 rings (SSSR count). The zero-order valence-electron chi connectivity index (χ0n) is 10.6. The number of nitrogens with one attached hydrogen (secondary N) is 1. The largest absolute Gasteiger partial charge is 0.416 e. The van der Waals surface area contributed by atoms with E-state index in [1.54, 1.807) is 0 Å². The highest BCUT2D eigenvalue weighted by Gasteiger charge is 2.30. The van der Waals surface area contributed by atoms with Crippen molar-refractivity contribution in [3.63, 3.8) is 0 Å². The van der Waals surface area contributed by atoms with Crippen molar-refractivity contribution in [2.75, 3.05) is 6.54 Å². The molecule has 7 heteroatoms. The van der Waals surface area contributed by atoms with Gasteiger partial charge in [-0.3, -0.25) is 0 Å². The molecular formula is C13H15F6N. The van der Waals surface area contributed by atoms with E-state index in [-0.39, 0.29) is 13.0 Å². The third-order valence-electron chi connectivity index (χ3n) is 2.65. The summed E-state index contributed by atoms with van der Waals surface area (Å²) in [5.74, 6) is 0. The van der Waals surface area contributed by atoms with E-state index in [9.17, 15) is 26.3 Å². The first kappa shape index (κ1) is 16.8. The van der Waals surface area contributed by atoms with Gasteiger partial charge in [0.25, 0.3) is 0 Å². The van der Waals surface area contributed by atoms with Crippen LogP contribution in [0.1, 0.15) is 30.4 Å². The summed E-state index contributed by atoms with van der Waals surface area (Å²) in [6.45, 7) is 0.544. The monoisotopic (exact) mass is 299 g/mol. The Morgan fingerprint density at radius 3 is 2.25 bits per heavy atom. The van der Waals surface area contributed by atoms with Gasteiger partial charge in [0.05, 0.1) is 5.56 Å². The van der Waals surface area contributed by atoms with Gasteiger partial charge in [-0.25, -0.2) is 0 Å². The van der Waals surface area contributed by atoms with Crippen LogP contribution in [0.5, 0.6) is 0 Å². The molecule has 20 heavy (non-hydrogen) atoms. The van der Waals surface area contributed by atoms with E-state index in [0.717, 1.165) is 12.1 Å². The first-order valence-electron chi connectivity index (χ1n) is 6.12. The van der Waals surface area contributed by atoms with E-state index in [4.69, 9.17) is 0 Å². The molecule has 0 saturated carbocycles. The zero-order chi connectivity index (χ0) is 15.2. The van der Waals surface area contributed by atoms with Gasteiger partial charge in [-0.05, 0) is 31.0 Å². The number of hydrogen-bond acceptors (Lipinski definition) is 1. The van der Waals surface area contributed by atoms with Crippen LogP contribution >= 0.6 is 0 Å². The Morgan fingerprint density at radius 2 is 1.65 bits per heavy atom. The van der Waals surface area contributed by atoms with Crippen molar-refractivity contribution < 1.29 is 26.3 Å². The fourth-order valence-corrected chi connectivity index (χ4v) is 1.67.